The van der Waals surface area contributed by atoms with E-state index in [4.69, 9.17) is 4.74 Å². The molecule has 2 aliphatic rings. The zero-order chi connectivity index (χ0) is 11.9. The van der Waals surface area contributed by atoms with Crippen molar-refractivity contribution < 1.29 is 4.74 Å². The van der Waals surface area contributed by atoms with Crippen LogP contribution in [0, 0.1) is 5.41 Å². The Morgan fingerprint density at radius 2 is 2.00 bits per heavy atom. The van der Waals surface area contributed by atoms with Crippen molar-refractivity contribution in [1.29, 1.82) is 0 Å². The summed E-state index contributed by atoms with van der Waals surface area (Å²) in [6, 6.07) is 10.6. The van der Waals surface area contributed by atoms with Crippen molar-refractivity contribution in [3.8, 4) is 0 Å². The van der Waals surface area contributed by atoms with Crippen LogP contribution in [0.5, 0.6) is 0 Å². The topological polar surface area (TPSA) is 12.5 Å². The van der Waals surface area contributed by atoms with E-state index >= 15 is 0 Å². The number of rotatable bonds is 1. The van der Waals surface area contributed by atoms with Crippen LogP contribution in [0.2, 0.25) is 0 Å². The highest BCUT2D eigenvalue weighted by atomic mass is 16.5. The van der Waals surface area contributed by atoms with E-state index in [1.54, 1.807) is 0 Å². The van der Waals surface area contributed by atoms with Gasteiger partial charge in [0.2, 0.25) is 0 Å². The molecule has 0 radical (unpaired) electrons. The highest BCUT2D eigenvalue weighted by Crippen LogP contribution is 2.43. The third-order valence-corrected chi connectivity index (χ3v) is 4.13. The third kappa shape index (κ3) is 2.00. The predicted molar refractivity (Wildman–Crippen MR) is 68.6 cm³/mol. The molecular formula is C15H21NO. The molecule has 2 aliphatic heterocycles. The van der Waals surface area contributed by atoms with E-state index in [2.05, 4.69) is 49.1 Å². The lowest BCUT2D eigenvalue weighted by molar-refractivity contribution is -0.0977. The second-order valence-electron chi connectivity index (χ2n) is 5.97. The van der Waals surface area contributed by atoms with Gasteiger partial charge in [-0.25, -0.2) is 0 Å². The fraction of sp³-hybridized carbons (Fsp3) is 0.600. The van der Waals surface area contributed by atoms with Gasteiger partial charge in [0.05, 0.1) is 6.10 Å². The number of hydrogen-bond donors (Lipinski definition) is 0. The Kier molecular flexibility index (Phi) is 2.72. The SMILES string of the molecule is CC1(C)CCCN2C[C@H](c3ccccc3)O[C@H]21. The molecule has 1 aromatic rings. The number of benzene rings is 1. The lowest BCUT2D eigenvalue weighted by atomic mass is 9.82. The first-order chi connectivity index (χ1) is 8.17. The molecule has 2 heteroatoms. The lowest BCUT2D eigenvalue weighted by Gasteiger charge is -2.41. The minimum Gasteiger partial charge on any atom is -0.353 e. The largest absolute Gasteiger partial charge is 0.353 e. The van der Waals surface area contributed by atoms with Gasteiger partial charge in [-0.2, -0.15) is 0 Å². The maximum atomic E-state index is 6.29. The highest BCUT2D eigenvalue weighted by Gasteiger charge is 2.44. The van der Waals surface area contributed by atoms with E-state index in [0.29, 0.717) is 11.6 Å². The smallest absolute Gasteiger partial charge is 0.116 e. The molecule has 3 rings (SSSR count). The van der Waals surface area contributed by atoms with Crippen molar-refractivity contribution in [2.45, 2.75) is 39.0 Å². The van der Waals surface area contributed by atoms with Gasteiger partial charge in [0.1, 0.15) is 6.23 Å². The summed E-state index contributed by atoms with van der Waals surface area (Å²) in [4.78, 5) is 2.52. The first kappa shape index (κ1) is 11.2. The fourth-order valence-electron chi connectivity index (χ4n) is 3.19. The summed E-state index contributed by atoms with van der Waals surface area (Å²) in [6.45, 7) is 6.91. The van der Waals surface area contributed by atoms with Crippen molar-refractivity contribution in [2.24, 2.45) is 5.41 Å². The van der Waals surface area contributed by atoms with Crippen molar-refractivity contribution in [3.63, 3.8) is 0 Å². The Hall–Kier alpha value is -0.860. The van der Waals surface area contributed by atoms with E-state index in [1.807, 2.05) is 0 Å². The Balaban J connectivity index is 1.81. The molecule has 2 saturated heterocycles. The van der Waals surface area contributed by atoms with Crippen LogP contribution in [0.4, 0.5) is 0 Å². The molecule has 2 nitrogen and oxygen atoms in total. The van der Waals surface area contributed by atoms with E-state index < -0.39 is 0 Å². The molecule has 0 N–H and O–H groups in total. The molecule has 2 heterocycles. The number of nitrogens with zero attached hydrogens (tertiary/aromatic N) is 1. The molecule has 0 aliphatic carbocycles. The summed E-state index contributed by atoms with van der Waals surface area (Å²) in [7, 11) is 0. The van der Waals surface area contributed by atoms with Gasteiger partial charge in [-0.3, -0.25) is 4.90 Å². The summed E-state index contributed by atoms with van der Waals surface area (Å²) < 4.78 is 6.29. The monoisotopic (exact) mass is 231 g/mol. The standard InChI is InChI=1S/C15H21NO/c1-15(2)9-6-10-16-11-13(17-14(15)16)12-7-4-3-5-8-12/h3-5,7-8,13-14H,6,9-11H2,1-2H3/t13-,14+/m1/s1. The Morgan fingerprint density at radius 1 is 1.24 bits per heavy atom. The van der Waals surface area contributed by atoms with Gasteiger partial charge in [0.15, 0.2) is 0 Å². The fourth-order valence-corrected chi connectivity index (χ4v) is 3.19. The highest BCUT2D eigenvalue weighted by molar-refractivity contribution is 5.19. The Morgan fingerprint density at radius 3 is 2.71 bits per heavy atom. The molecule has 0 amide bonds. The summed E-state index contributed by atoms with van der Waals surface area (Å²) in [6.07, 6.45) is 3.14. The average molecular weight is 231 g/mol. The van der Waals surface area contributed by atoms with E-state index in [9.17, 15) is 0 Å². The summed E-state index contributed by atoms with van der Waals surface area (Å²) in [5, 5.41) is 0. The summed E-state index contributed by atoms with van der Waals surface area (Å²) in [5.74, 6) is 0. The number of hydrogen-bond acceptors (Lipinski definition) is 2. The van der Waals surface area contributed by atoms with Gasteiger partial charge in [0.25, 0.3) is 0 Å². The average Bonchev–Trinajstić information content (AvgIpc) is 2.75. The van der Waals surface area contributed by atoms with Gasteiger partial charge in [-0.15, -0.1) is 0 Å². The first-order valence-corrected chi connectivity index (χ1v) is 6.61. The zero-order valence-electron chi connectivity index (χ0n) is 10.7. The normalized spacial score (nSPS) is 32.4. The zero-order valence-corrected chi connectivity index (χ0v) is 10.7. The lowest BCUT2D eigenvalue weighted by Crippen LogP contribution is -2.46. The predicted octanol–water partition coefficient (Wildman–Crippen LogP) is 3.21. The summed E-state index contributed by atoms with van der Waals surface area (Å²) in [5.41, 5.74) is 1.61. The van der Waals surface area contributed by atoms with Crippen LogP contribution < -0.4 is 0 Å². The Labute approximate surface area is 104 Å². The van der Waals surface area contributed by atoms with Crippen LogP contribution in [-0.4, -0.2) is 24.2 Å². The second kappa shape index (κ2) is 4.11. The van der Waals surface area contributed by atoms with E-state index in [0.717, 1.165) is 6.54 Å². The van der Waals surface area contributed by atoms with Crippen LogP contribution >= 0.6 is 0 Å². The maximum absolute atomic E-state index is 6.29. The molecule has 0 unspecified atom stereocenters. The van der Waals surface area contributed by atoms with Gasteiger partial charge in [0, 0.05) is 18.5 Å². The molecule has 0 spiro atoms. The summed E-state index contributed by atoms with van der Waals surface area (Å²) >= 11 is 0. The van der Waals surface area contributed by atoms with Gasteiger partial charge >= 0.3 is 0 Å². The molecule has 0 aromatic heterocycles. The van der Waals surface area contributed by atoms with Crippen molar-refractivity contribution in [1.82, 2.24) is 4.90 Å². The van der Waals surface area contributed by atoms with E-state index in [1.165, 1.54) is 24.9 Å². The number of fused-ring (bicyclic) bond motifs is 1. The van der Waals surface area contributed by atoms with Crippen molar-refractivity contribution >= 4 is 0 Å². The van der Waals surface area contributed by atoms with E-state index in [-0.39, 0.29) is 6.10 Å². The van der Waals surface area contributed by atoms with Crippen LogP contribution in [0.15, 0.2) is 30.3 Å². The van der Waals surface area contributed by atoms with Gasteiger partial charge in [-0.05, 0) is 18.4 Å². The van der Waals surface area contributed by atoms with Crippen LogP contribution in [0.25, 0.3) is 0 Å². The maximum Gasteiger partial charge on any atom is 0.116 e. The molecule has 2 fully saturated rings. The quantitative estimate of drug-likeness (QED) is 0.736. The second-order valence-corrected chi connectivity index (χ2v) is 5.97. The van der Waals surface area contributed by atoms with Gasteiger partial charge in [-0.1, -0.05) is 44.2 Å². The molecular weight excluding hydrogens is 210 g/mol. The number of ether oxygens (including phenoxy) is 1. The van der Waals surface area contributed by atoms with Crippen molar-refractivity contribution in [3.05, 3.63) is 35.9 Å². The molecule has 17 heavy (non-hydrogen) atoms. The van der Waals surface area contributed by atoms with Gasteiger partial charge < -0.3 is 4.74 Å². The number of piperidine rings is 1. The van der Waals surface area contributed by atoms with Crippen LogP contribution in [0.3, 0.4) is 0 Å². The third-order valence-electron chi connectivity index (χ3n) is 4.13. The van der Waals surface area contributed by atoms with Crippen LogP contribution in [0.1, 0.15) is 38.4 Å². The first-order valence-electron chi connectivity index (χ1n) is 6.61. The molecule has 0 saturated carbocycles. The minimum atomic E-state index is 0.263. The molecule has 1 aromatic carbocycles. The molecule has 92 valence electrons. The minimum absolute atomic E-state index is 0.263. The molecule has 0 bridgehead atoms. The van der Waals surface area contributed by atoms with Crippen LogP contribution in [-0.2, 0) is 4.74 Å². The molecule has 2 atom stereocenters. The van der Waals surface area contributed by atoms with Crippen molar-refractivity contribution in [2.75, 3.05) is 13.1 Å². The Bertz CT molecular complexity index is 387.